The third-order valence-corrected chi connectivity index (χ3v) is 5.64. The molecule has 2 N–H and O–H groups in total. The first-order chi connectivity index (χ1) is 13.9. The van der Waals surface area contributed by atoms with Gasteiger partial charge >= 0.3 is 6.18 Å². The van der Waals surface area contributed by atoms with Gasteiger partial charge < -0.3 is 15.0 Å². The molecular formula is C18H19F3N5O2S+. The van der Waals surface area contributed by atoms with Crippen molar-refractivity contribution in [2.75, 3.05) is 39.4 Å². The summed E-state index contributed by atoms with van der Waals surface area (Å²) in [6.07, 6.45) is -3.50. The Hall–Kier alpha value is -2.50. The number of amides is 1. The maximum atomic E-state index is 13.6. The smallest absolute Gasteiger partial charge is 0.370 e. The molecule has 29 heavy (non-hydrogen) atoms. The van der Waals surface area contributed by atoms with Crippen LogP contribution in [0.5, 0.6) is 0 Å². The zero-order valence-corrected chi connectivity index (χ0v) is 16.1. The number of morpholine rings is 1. The number of hydrogen-bond acceptors (Lipinski definition) is 5. The lowest BCUT2D eigenvalue weighted by Gasteiger charge is -2.23. The minimum Gasteiger partial charge on any atom is -0.370 e. The first-order valence-corrected chi connectivity index (χ1v) is 10.0. The Morgan fingerprint density at radius 2 is 2.14 bits per heavy atom. The van der Waals surface area contributed by atoms with Gasteiger partial charge in [0.2, 0.25) is 0 Å². The highest BCUT2D eigenvalue weighted by Gasteiger charge is 2.36. The van der Waals surface area contributed by atoms with E-state index in [1.165, 1.54) is 16.2 Å². The van der Waals surface area contributed by atoms with Crippen LogP contribution in [0.3, 0.4) is 0 Å². The molecule has 1 fully saturated rings. The van der Waals surface area contributed by atoms with Crippen LogP contribution in [-0.2, 0) is 10.9 Å². The lowest BCUT2D eigenvalue weighted by molar-refractivity contribution is -0.906. The minimum absolute atomic E-state index is 0.0193. The van der Waals surface area contributed by atoms with Crippen molar-refractivity contribution in [3.05, 3.63) is 41.0 Å². The average Bonchev–Trinajstić information content (AvgIpc) is 3.37. The third-order valence-electron chi connectivity index (χ3n) is 4.74. The number of halogens is 3. The van der Waals surface area contributed by atoms with Crippen LogP contribution in [0, 0.1) is 0 Å². The number of ether oxygens (including phenoxy) is 1. The predicted molar refractivity (Wildman–Crippen MR) is 100 cm³/mol. The van der Waals surface area contributed by atoms with E-state index in [1.54, 1.807) is 17.5 Å². The summed E-state index contributed by atoms with van der Waals surface area (Å²) in [5.41, 5.74) is -0.903. The van der Waals surface area contributed by atoms with E-state index < -0.39 is 17.8 Å². The van der Waals surface area contributed by atoms with Crippen molar-refractivity contribution in [2.45, 2.75) is 6.18 Å². The molecule has 3 aromatic rings. The van der Waals surface area contributed by atoms with Gasteiger partial charge in [-0.2, -0.15) is 18.3 Å². The molecule has 0 atom stereocenters. The summed E-state index contributed by atoms with van der Waals surface area (Å²) in [7, 11) is 0. The molecule has 0 saturated carbocycles. The van der Waals surface area contributed by atoms with Crippen molar-refractivity contribution < 1.29 is 27.6 Å². The van der Waals surface area contributed by atoms with Crippen molar-refractivity contribution in [1.29, 1.82) is 0 Å². The van der Waals surface area contributed by atoms with Crippen molar-refractivity contribution in [2.24, 2.45) is 0 Å². The number of nitrogens with one attached hydrogen (secondary N) is 2. The highest BCUT2D eigenvalue weighted by molar-refractivity contribution is 7.13. The van der Waals surface area contributed by atoms with E-state index in [1.807, 2.05) is 0 Å². The number of quaternary nitrogens is 1. The van der Waals surface area contributed by atoms with Crippen LogP contribution in [0.15, 0.2) is 29.8 Å². The number of carbonyl (C=O) groups excluding carboxylic acids is 1. The molecule has 3 aromatic heterocycles. The van der Waals surface area contributed by atoms with Gasteiger partial charge in [-0.3, -0.25) is 4.79 Å². The van der Waals surface area contributed by atoms with Crippen LogP contribution in [0.25, 0.3) is 16.2 Å². The molecule has 4 rings (SSSR count). The highest BCUT2D eigenvalue weighted by Crippen LogP contribution is 2.33. The van der Waals surface area contributed by atoms with Crippen molar-refractivity contribution in [1.82, 2.24) is 19.9 Å². The fraction of sp³-hybridized carbons (Fsp3) is 0.389. The van der Waals surface area contributed by atoms with Crippen molar-refractivity contribution in [3.63, 3.8) is 0 Å². The summed E-state index contributed by atoms with van der Waals surface area (Å²) < 4.78 is 46.7. The molecule has 0 aromatic carbocycles. The molecule has 4 heterocycles. The van der Waals surface area contributed by atoms with Gasteiger partial charge in [-0.05, 0) is 17.5 Å². The summed E-state index contributed by atoms with van der Waals surface area (Å²) in [4.78, 5) is 18.8. The number of alkyl halides is 3. The SMILES string of the molecule is O=C(NCC[NH+]1CCOCC1)c1cnn2c(C(F)(F)F)cc(-c3cccs3)nc12. The number of thiophene rings is 1. The number of hydrogen-bond donors (Lipinski definition) is 2. The quantitative estimate of drug-likeness (QED) is 0.642. The van der Waals surface area contributed by atoms with Crippen molar-refractivity contribution in [3.8, 4) is 10.6 Å². The van der Waals surface area contributed by atoms with Gasteiger partial charge in [-0.1, -0.05) is 6.07 Å². The van der Waals surface area contributed by atoms with E-state index in [0.717, 1.165) is 31.9 Å². The molecule has 1 aliphatic heterocycles. The topological polar surface area (TPSA) is 73.0 Å². The standard InChI is InChI=1S/C18H18F3N5O2S/c19-18(20,21)15-10-13(14-2-1-9-29-14)24-16-12(11-23-26(15)16)17(27)22-3-4-25-5-7-28-8-6-25/h1-2,9-11H,3-8H2,(H,22,27)/p+1. The van der Waals surface area contributed by atoms with Crippen LogP contribution in [0.1, 0.15) is 16.1 Å². The number of carbonyl (C=O) groups is 1. The van der Waals surface area contributed by atoms with Gasteiger partial charge in [-0.15, -0.1) is 11.3 Å². The van der Waals surface area contributed by atoms with E-state index in [-0.39, 0.29) is 16.9 Å². The Morgan fingerprint density at radius 1 is 1.34 bits per heavy atom. The Bertz CT molecular complexity index is 997. The fourth-order valence-electron chi connectivity index (χ4n) is 3.23. The lowest BCUT2D eigenvalue weighted by atomic mass is 10.2. The number of rotatable bonds is 5. The summed E-state index contributed by atoms with van der Waals surface area (Å²) in [5, 5.41) is 8.30. The molecule has 0 aliphatic carbocycles. The normalized spacial score (nSPS) is 15.7. The second-order valence-corrected chi connectivity index (χ2v) is 7.61. The Balaban J connectivity index is 1.61. The zero-order valence-electron chi connectivity index (χ0n) is 15.3. The van der Waals surface area contributed by atoms with Crippen LogP contribution >= 0.6 is 11.3 Å². The molecule has 0 spiro atoms. The van der Waals surface area contributed by atoms with Gasteiger partial charge in [-0.25, -0.2) is 9.50 Å². The molecule has 7 nitrogen and oxygen atoms in total. The maximum absolute atomic E-state index is 13.6. The van der Waals surface area contributed by atoms with Crippen LogP contribution < -0.4 is 10.2 Å². The molecule has 0 unspecified atom stereocenters. The monoisotopic (exact) mass is 426 g/mol. The zero-order chi connectivity index (χ0) is 20.4. The summed E-state index contributed by atoms with van der Waals surface area (Å²) in [6.45, 7) is 4.23. The molecular weight excluding hydrogens is 407 g/mol. The maximum Gasteiger partial charge on any atom is 0.433 e. The second-order valence-electron chi connectivity index (χ2n) is 6.66. The molecule has 1 aliphatic rings. The van der Waals surface area contributed by atoms with Crippen LogP contribution in [0.4, 0.5) is 13.2 Å². The summed E-state index contributed by atoms with van der Waals surface area (Å²) >= 11 is 1.28. The van der Waals surface area contributed by atoms with Gasteiger partial charge in [0, 0.05) is 0 Å². The first kappa shape index (κ1) is 19.8. The Labute approximate surface area is 168 Å². The average molecular weight is 426 g/mol. The third kappa shape index (κ3) is 4.26. The van der Waals surface area contributed by atoms with Gasteiger partial charge in [0.05, 0.1) is 43.1 Å². The summed E-state index contributed by atoms with van der Waals surface area (Å²) in [5.74, 6) is -0.489. The minimum atomic E-state index is -4.63. The van der Waals surface area contributed by atoms with Crippen molar-refractivity contribution >= 4 is 22.9 Å². The Kier molecular flexibility index (Phi) is 5.52. The molecule has 0 radical (unpaired) electrons. The number of aromatic nitrogens is 3. The van der Waals surface area contributed by atoms with E-state index in [0.29, 0.717) is 29.2 Å². The summed E-state index contributed by atoms with van der Waals surface area (Å²) in [6, 6.07) is 4.37. The van der Waals surface area contributed by atoms with Crippen LogP contribution in [-0.4, -0.2) is 59.9 Å². The van der Waals surface area contributed by atoms with Crippen LogP contribution in [0.2, 0.25) is 0 Å². The van der Waals surface area contributed by atoms with Gasteiger partial charge in [0.1, 0.15) is 18.7 Å². The predicted octanol–water partition coefficient (Wildman–Crippen LogP) is 1.12. The number of nitrogens with zero attached hydrogens (tertiary/aromatic N) is 3. The van der Waals surface area contributed by atoms with E-state index in [9.17, 15) is 18.0 Å². The second kappa shape index (κ2) is 8.09. The molecule has 1 saturated heterocycles. The molecule has 1 amide bonds. The molecule has 154 valence electrons. The fourth-order valence-corrected chi connectivity index (χ4v) is 3.92. The van der Waals surface area contributed by atoms with E-state index >= 15 is 0 Å². The Morgan fingerprint density at radius 3 is 2.83 bits per heavy atom. The lowest BCUT2D eigenvalue weighted by Crippen LogP contribution is -3.14. The molecule has 0 bridgehead atoms. The highest BCUT2D eigenvalue weighted by atomic mass is 32.1. The molecule has 11 heteroatoms. The van der Waals surface area contributed by atoms with Gasteiger partial charge in [0.15, 0.2) is 11.3 Å². The largest absolute Gasteiger partial charge is 0.433 e. The van der Waals surface area contributed by atoms with E-state index in [4.69, 9.17) is 4.74 Å². The van der Waals surface area contributed by atoms with E-state index in [2.05, 4.69) is 15.4 Å². The number of fused-ring (bicyclic) bond motifs is 1. The first-order valence-electron chi connectivity index (χ1n) is 9.13. The van der Waals surface area contributed by atoms with Gasteiger partial charge in [0.25, 0.3) is 5.91 Å².